The summed E-state index contributed by atoms with van der Waals surface area (Å²) < 4.78 is 58.5. The van der Waals surface area contributed by atoms with E-state index < -0.39 is 6.36 Å². The third-order valence-corrected chi connectivity index (χ3v) is 4.91. The van der Waals surface area contributed by atoms with Crippen molar-refractivity contribution in [3.63, 3.8) is 0 Å². The average Bonchev–Trinajstić information content (AvgIpc) is 3.44. The Labute approximate surface area is 178 Å². The molecule has 4 rings (SSSR count). The summed E-state index contributed by atoms with van der Waals surface area (Å²) in [7, 11) is 3.04. The van der Waals surface area contributed by atoms with Gasteiger partial charge in [0.05, 0.1) is 19.9 Å². The maximum absolute atomic E-state index is 12.7. The zero-order valence-electron chi connectivity index (χ0n) is 16.1. The summed E-state index contributed by atoms with van der Waals surface area (Å²) >= 11 is 1.03. The van der Waals surface area contributed by atoms with Crippen molar-refractivity contribution in [3.05, 3.63) is 49.1 Å². The van der Waals surface area contributed by atoms with Crippen LogP contribution in [0.15, 0.2) is 49.1 Å². The summed E-state index contributed by atoms with van der Waals surface area (Å²) in [5, 5.41) is 4.43. The lowest BCUT2D eigenvalue weighted by molar-refractivity contribution is -0.274. The summed E-state index contributed by atoms with van der Waals surface area (Å²) in [6.07, 6.45) is -2.07. The van der Waals surface area contributed by atoms with E-state index in [9.17, 15) is 13.2 Å². The molecule has 0 atom stereocenters. The van der Waals surface area contributed by atoms with Gasteiger partial charge in [0.2, 0.25) is 0 Å². The van der Waals surface area contributed by atoms with E-state index in [1.165, 1.54) is 49.8 Å². The zero-order valence-corrected chi connectivity index (χ0v) is 16.9. The summed E-state index contributed by atoms with van der Waals surface area (Å²) in [5.41, 5.74) is 1.49. The molecule has 2 aromatic carbocycles. The number of hydrogen-bond donors (Lipinski definition) is 0. The van der Waals surface area contributed by atoms with Crippen LogP contribution in [0.2, 0.25) is 0 Å². The molecule has 0 fully saturated rings. The molecule has 0 bridgehead atoms. The molecule has 31 heavy (non-hydrogen) atoms. The maximum atomic E-state index is 12.7. The highest BCUT2D eigenvalue weighted by atomic mass is 32.1. The van der Waals surface area contributed by atoms with Crippen molar-refractivity contribution in [1.82, 2.24) is 24.1 Å². The predicted octanol–water partition coefficient (Wildman–Crippen LogP) is 4.37. The van der Waals surface area contributed by atoms with E-state index in [2.05, 4.69) is 24.2 Å². The molecule has 0 aliphatic rings. The van der Waals surface area contributed by atoms with Crippen LogP contribution in [0.25, 0.3) is 27.6 Å². The molecule has 8 nitrogen and oxygen atoms in total. The topological polar surface area (TPSA) is 84.2 Å². The van der Waals surface area contributed by atoms with Gasteiger partial charge in [-0.2, -0.15) is 9.47 Å². The number of hydrogen-bond acceptors (Lipinski definition) is 8. The molecule has 0 saturated heterocycles. The monoisotopic (exact) mass is 449 g/mol. The van der Waals surface area contributed by atoms with Crippen LogP contribution in [-0.2, 0) is 0 Å². The molecule has 160 valence electrons. The molecule has 0 unspecified atom stereocenters. The minimum absolute atomic E-state index is 0.358. The molecule has 2 heterocycles. The Kier molecular flexibility index (Phi) is 5.46. The van der Waals surface area contributed by atoms with Gasteiger partial charge in [-0.05, 0) is 47.9 Å². The molecular formula is C19H14F3N5O3S. The number of ether oxygens (including phenoxy) is 3. The summed E-state index contributed by atoms with van der Waals surface area (Å²) in [5.74, 6) is 1.05. The van der Waals surface area contributed by atoms with E-state index in [-0.39, 0.29) is 5.75 Å². The molecule has 0 spiro atoms. The highest BCUT2D eigenvalue weighted by molar-refractivity contribution is 7.09. The van der Waals surface area contributed by atoms with Crippen molar-refractivity contribution in [2.75, 3.05) is 14.2 Å². The number of halogens is 3. The first-order valence-electron chi connectivity index (χ1n) is 8.69. The van der Waals surface area contributed by atoms with Gasteiger partial charge in [-0.15, -0.1) is 13.2 Å². The molecule has 0 radical (unpaired) electrons. The quantitative estimate of drug-likeness (QED) is 0.432. The SMILES string of the molecule is COc1ccc(-c2nsc(-c3cc(OC(F)(F)F)ccc3-n3cncn3)n2)cc1OC. The zero-order chi connectivity index (χ0) is 22.0. The third kappa shape index (κ3) is 4.43. The van der Waals surface area contributed by atoms with Gasteiger partial charge in [-0.1, -0.05) is 0 Å². The fourth-order valence-corrected chi connectivity index (χ4v) is 3.55. The van der Waals surface area contributed by atoms with E-state index in [1.807, 2.05) is 0 Å². The fourth-order valence-electron chi connectivity index (χ4n) is 2.84. The van der Waals surface area contributed by atoms with Crippen molar-refractivity contribution < 1.29 is 27.4 Å². The van der Waals surface area contributed by atoms with Crippen LogP contribution in [0.1, 0.15) is 0 Å². The lowest BCUT2D eigenvalue weighted by Gasteiger charge is -2.12. The van der Waals surface area contributed by atoms with Gasteiger partial charge >= 0.3 is 6.36 Å². The molecule has 0 N–H and O–H groups in total. The van der Waals surface area contributed by atoms with Crippen molar-refractivity contribution >= 4 is 11.5 Å². The summed E-state index contributed by atoms with van der Waals surface area (Å²) in [6, 6.07) is 9.07. The van der Waals surface area contributed by atoms with Crippen LogP contribution in [-0.4, -0.2) is 44.7 Å². The van der Waals surface area contributed by atoms with Gasteiger partial charge in [0, 0.05) is 11.1 Å². The van der Waals surface area contributed by atoms with E-state index in [0.29, 0.717) is 39.1 Å². The second kappa shape index (κ2) is 8.22. The van der Waals surface area contributed by atoms with Gasteiger partial charge in [0.1, 0.15) is 23.4 Å². The standard InChI is InChI=1S/C19H14F3N5O3S/c1-28-15-6-3-11(7-16(15)29-2)17-25-18(31-26-17)13-8-12(30-19(20,21)22)4-5-14(13)27-10-23-9-24-27/h3-10H,1-2H3. The van der Waals surface area contributed by atoms with Gasteiger partial charge in [-0.3, -0.25) is 0 Å². The Morgan fingerprint density at radius 1 is 1.00 bits per heavy atom. The molecule has 0 amide bonds. The highest BCUT2D eigenvalue weighted by Gasteiger charge is 2.31. The smallest absolute Gasteiger partial charge is 0.493 e. The van der Waals surface area contributed by atoms with Crippen molar-refractivity contribution in [2.45, 2.75) is 6.36 Å². The number of nitrogens with zero attached hydrogens (tertiary/aromatic N) is 5. The van der Waals surface area contributed by atoms with Crippen LogP contribution in [0.5, 0.6) is 17.2 Å². The lowest BCUT2D eigenvalue weighted by Crippen LogP contribution is -2.17. The van der Waals surface area contributed by atoms with Crippen LogP contribution in [0.3, 0.4) is 0 Å². The Morgan fingerprint density at radius 3 is 2.48 bits per heavy atom. The van der Waals surface area contributed by atoms with Crippen molar-refractivity contribution in [1.29, 1.82) is 0 Å². The molecule has 0 aliphatic heterocycles. The van der Waals surface area contributed by atoms with Crippen LogP contribution in [0.4, 0.5) is 13.2 Å². The second-order valence-electron chi connectivity index (χ2n) is 6.06. The summed E-state index contributed by atoms with van der Waals surface area (Å²) in [4.78, 5) is 8.39. The normalized spacial score (nSPS) is 11.4. The molecular weight excluding hydrogens is 435 g/mol. The number of methoxy groups -OCH3 is 2. The van der Waals surface area contributed by atoms with Gasteiger partial charge in [-0.25, -0.2) is 14.6 Å². The van der Waals surface area contributed by atoms with Crippen LogP contribution < -0.4 is 14.2 Å². The number of aromatic nitrogens is 5. The first-order valence-corrected chi connectivity index (χ1v) is 9.46. The second-order valence-corrected chi connectivity index (χ2v) is 6.81. The van der Waals surface area contributed by atoms with E-state index >= 15 is 0 Å². The van der Waals surface area contributed by atoms with Crippen LogP contribution >= 0.6 is 11.5 Å². The summed E-state index contributed by atoms with van der Waals surface area (Å²) in [6.45, 7) is 0. The van der Waals surface area contributed by atoms with E-state index in [1.54, 1.807) is 18.2 Å². The van der Waals surface area contributed by atoms with Crippen LogP contribution in [0, 0.1) is 0 Å². The van der Waals surface area contributed by atoms with Crippen molar-refractivity contribution in [2.24, 2.45) is 0 Å². The third-order valence-electron chi connectivity index (χ3n) is 4.17. The van der Waals surface area contributed by atoms with Gasteiger partial charge in [0.15, 0.2) is 17.3 Å². The maximum Gasteiger partial charge on any atom is 0.573 e. The predicted molar refractivity (Wildman–Crippen MR) is 105 cm³/mol. The van der Waals surface area contributed by atoms with E-state index in [0.717, 1.165) is 11.5 Å². The molecule has 2 aromatic heterocycles. The minimum atomic E-state index is -4.82. The fraction of sp³-hybridized carbons (Fsp3) is 0.158. The molecule has 12 heteroatoms. The average molecular weight is 449 g/mol. The minimum Gasteiger partial charge on any atom is -0.493 e. The number of rotatable bonds is 6. The van der Waals surface area contributed by atoms with E-state index in [4.69, 9.17) is 9.47 Å². The largest absolute Gasteiger partial charge is 0.573 e. The van der Waals surface area contributed by atoms with Gasteiger partial charge < -0.3 is 14.2 Å². The number of benzene rings is 2. The lowest BCUT2D eigenvalue weighted by atomic mass is 10.1. The Bertz CT molecular complexity index is 1190. The molecule has 4 aromatic rings. The first-order chi connectivity index (χ1) is 14.9. The van der Waals surface area contributed by atoms with Gasteiger partial charge in [0.25, 0.3) is 0 Å². The first kappa shape index (κ1) is 20.6. The Hall–Kier alpha value is -3.67. The Morgan fingerprint density at radius 2 is 1.81 bits per heavy atom. The molecule has 0 saturated carbocycles. The van der Waals surface area contributed by atoms with Crippen molar-refractivity contribution in [3.8, 4) is 44.9 Å². The Balaban J connectivity index is 1.77. The molecule has 0 aliphatic carbocycles. The number of alkyl halides is 3. The highest BCUT2D eigenvalue weighted by Crippen LogP contribution is 2.36.